The zero-order chi connectivity index (χ0) is 17.4. The third-order valence-electron chi connectivity index (χ3n) is 4.99. The van der Waals surface area contributed by atoms with Gasteiger partial charge < -0.3 is 0 Å². The van der Waals surface area contributed by atoms with Crippen LogP contribution in [0.15, 0.2) is 54.6 Å². The van der Waals surface area contributed by atoms with E-state index in [0.717, 1.165) is 11.0 Å². The molecule has 0 amide bonds. The Kier molecular flexibility index (Phi) is 7.05. The average Bonchev–Trinajstić information content (AvgIpc) is 2.59. The normalized spacial score (nSPS) is 13.0. The molecule has 2 aromatic carbocycles. The molecule has 0 aliphatic carbocycles. The summed E-state index contributed by atoms with van der Waals surface area (Å²) in [5.74, 6) is 0.694. The summed E-state index contributed by atoms with van der Waals surface area (Å²) < 4.78 is 0.909. The van der Waals surface area contributed by atoms with Gasteiger partial charge in [-0.2, -0.15) is 0 Å². The van der Waals surface area contributed by atoms with Crippen LogP contribution in [-0.2, 0) is 6.54 Å². The van der Waals surface area contributed by atoms with Crippen LogP contribution >= 0.6 is 0 Å². The first kappa shape index (κ1) is 18.7. The lowest BCUT2D eigenvalue weighted by atomic mass is 9.88. The van der Waals surface area contributed by atoms with Crippen molar-refractivity contribution in [2.75, 3.05) is 14.1 Å². The topological polar surface area (TPSA) is 0 Å². The van der Waals surface area contributed by atoms with Crippen molar-refractivity contribution in [2.24, 2.45) is 0 Å². The third-order valence-corrected chi connectivity index (χ3v) is 4.99. The van der Waals surface area contributed by atoms with E-state index in [1.807, 2.05) is 0 Å². The molecule has 0 saturated carbocycles. The molecule has 0 N–H and O–H groups in total. The highest BCUT2D eigenvalue weighted by atomic mass is 15.3. The molecule has 0 heterocycles. The highest BCUT2D eigenvalue weighted by Crippen LogP contribution is 2.36. The van der Waals surface area contributed by atoms with Crippen molar-refractivity contribution in [3.8, 4) is 0 Å². The smallest absolute Gasteiger partial charge is 0.136 e. The van der Waals surface area contributed by atoms with Gasteiger partial charge in [-0.1, -0.05) is 81.6 Å². The predicted molar refractivity (Wildman–Crippen MR) is 107 cm³/mol. The molecule has 1 atom stereocenters. The number of rotatable bonds is 9. The molecule has 1 unspecified atom stereocenters. The Hall–Kier alpha value is -1.60. The first-order chi connectivity index (χ1) is 11.6. The summed E-state index contributed by atoms with van der Waals surface area (Å²) in [6.07, 6.45) is 6.47. The van der Waals surface area contributed by atoms with Crippen molar-refractivity contribution in [3.63, 3.8) is 0 Å². The lowest BCUT2D eigenvalue weighted by Gasteiger charge is -2.33. The Bertz CT molecular complexity index is 600. The van der Waals surface area contributed by atoms with Crippen LogP contribution in [0.5, 0.6) is 0 Å². The molecule has 24 heavy (non-hydrogen) atoms. The van der Waals surface area contributed by atoms with Gasteiger partial charge in [-0.15, -0.1) is 0 Å². The maximum atomic E-state index is 2.37. The second-order valence-corrected chi connectivity index (χ2v) is 7.52. The highest BCUT2D eigenvalue weighted by Gasteiger charge is 2.26. The predicted octanol–water partition coefficient (Wildman–Crippen LogP) is 6.53. The van der Waals surface area contributed by atoms with Gasteiger partial charge in [0.25, 0.3) is 0 Å². The van der Waals surface area contributed by atoms with Crippen molar-refractivity contribution >= 4 is 5.69 Å². The molecule has 0 aliphatic rings. The summed E-state index contributed by atoms with van der Waals surface area (Å²) in [6.45, 7) is 5.64. The van der Waals surface area contributed by atoms with Crippen molar-refractivity contribution in [1.29, 1.82) is 0 Å². The van der Waals surface area contributed by atoms with E-state index in [2.05, 4.69) is 82.5 Å². The number of para-hydroxylation sites is 1. The van der Waals surface area contributed by atoms with Crippen molar-refractivity contribution < 1.29 is 0 Å². The molecule has 0 fully saturated rings. The van der Waals surface area contributed by atoms with E-state index in [9.17, 15) is 0 Å². The van der Waals surface area contributed by atoms with Crippen LogP contribution in [0.2, 0.25) is 0 Å². The first-order valence-corrected chi connectivity index (χ1v) is 9.55. The van der Waals surface area contributed by atoms with Gasteiger partial charge in [0.1, 0.15) is 12.2 Å². The molecule has 2 aromatic rings. The first-order valence-electron chi connectivity index (χ1n) is 9.55. The van der Waals surface area contributed by atoms with Gasteiger partial charge >= 0.3 is 0 Å². The molecule has 0 aromatic heterocycles. The standard InChI is InChI=1S/C23H34N/c1-5-7-16-21(13-6-2)22-17-11-12-18-23(22)24(3,4)19-20-14-9-8-10-15-20/h8-12,14-15,17-18,21H,5-7,13,16,19H2,1-4H3/q+1. The minimum Gasteiger partial charge on any atom is -0.292 e. The number of nitrogens with zero attached hydrogens (tertiary/aromatic N) is 1. The van der Waals surface area contributed by atoms with Gasteiger partial charge in [-0.25, -0.2) is 0 Å². The Morgan fingerprint density at radius 3 is 2.12 bits per heavy atom. The van der Waals surface area contributed by atoms with Crippen molar-refractivity contribution in [1.82, 2.24) is 4.48 Å². The minimum absolute atomic E-state index is 0.694. The number of hydrogen-bond acceptors (Lipinski definition) is 0. The zero-order valence-electron chi connectivity index (χ0n) is 16.0. The lowest BCUT2D eigenvalue weighted by Crippen LogP contribution is -2.40. The molecular weight excluding hydrogens is 290 g/mol. The summed E-state index contributed by atoms with van der Waals surface area (Å²) in [5, 5.41) is 0. The van der Waals surface area contributed by atoms with E-state index in [-0.39, 0.29) is 0 Å². The van der Waals surface area contributed by atoms with E-state index in [1.54, 1.807) is 5.56 Å². The van der Waals surface area contributed by atoms with Gasteiger partial charge in [0, 0.05) is 11.1 Å². The highest BCUT2D eigenvalue weighted by molar-refractivity contribution is 5.52. The summed E-state index contributed by atoms with van der Waals surface area (Å²) >= 11 is 0. The van der Waals surface area contributed by atoms with Gasteiger partial charge in [-0.3, -0.25) is 4.48 Å². The van der Waals surface area contributed by atoms with E-state index >= 15 is 0 Å². The number of hydrogen-bond donors (Lipinski definition) is 0. The van der Waals surface area contributed by atoms with Crippen molar-refractivity contribution in [3.05, 3.63) is 65.7 Å². The van der Waals surface area contributed by atoms with E-state index in [1.165, 1.54) is 43.4 Å². The molecule has 0 bridgehead atoms. The van der Waals surface area contributed by atoms with Crippen LogP contribution in [0, 0.1) is 0 Å². The van der Waals surface area contributed by atoms with E-state index < -0.39 is 0 Å². The van der Waals surface area contributed by atoms with Crippen LogP contribution in [-0.4, -0.2) is 14.1 Å². The second-order valence-electron chi connectivity index (χ2n) is 7.52. The fraction of sp³-hybridized carbons (Fsp3) is 0.478. The molecule has 0 aliphatic heterocycles. The van der Waals surface area contributed by atoms with Crippen LogP contribution in [0.25, 0.3) is 0 Å². The quantitative estimate of drug-likeness (QED) is 0.460. The molecule has 130 valence electrons. The molecule has 0 spiro atoms. The van der Waals surface area contributed by atoms with E-state index in [4.69, 9.17) is 0 Å². The number of quaternary nitrogens is 1. The zero-order valence-corrected chi connectivity index (χ0v) is 16.0. The third kappa shape index (κ3) is 4.95. The maximum Gasteiger partial charge on any atom is 0.136 e. The Labute approximate surface area is 148 Å². The molecule has 2 rings (SSSR count). The summed E-state index contributed by atoms with van der Waals surface area (Å²) in [7, 11) is 4.68. The fourth-order valence-corrected chi connectivity index (χ4v) is 3.76. The maximum absolute atomic E-state index is 2.37. The summed E-state index contributed by atoms with van der Waals surface area (Å²) in [4.78, 5) is 0. The second kappa shape index (κ2) is 9.03. The van der Waals surface area contributed by atoms with Crippen LogP contribution in [0.1, 0.15) is 63.0 Å². The molecule has 0 radical (unpaired) electrons. The molecular formula is C23H34N+. The Morgan fingerprint density at radius 1 is 0.792 bits per heavy atom. The monoisotopic (exact) mass is 324 g/mol. The van der Waals surface area contributed by atoms with Gasteiger partial charge in [0.15, 0.2) is 0 Å². The largest absolute Gasteiger partial charge is 0.292 e. The fourth-order valence-electron chi connectivity index (χ4n) is 3.76. The molecule has 1 heteroatoms. The Balaban J connectivity index is 2.31. The Morgan fingerprint density at radius 2 is 1.46 bits per heavy atom. The number of benzene rings is 2. The van der Waals surface area contributed by atoms with Gasteiger partial charge in [0.05, 0.1) is 14.1 Å². The lowest BCUT2D eigenvalue weighted by molar-refractivity contribution is 0.384. The summed E-state index contributed by atoms with van der Waals surface area (Å²) in [6, 6.07) is 20.0. The SMILES string of the molecule is CCCCC(CCC)c1ccccc1[N+](C)(C)Cc1ccccc1. The van der Waals surface area contributed by atoms with Gasteiger partial charge in [-0.05, 0) is 24.8 Å². The van der Waals surface area contributed by atoms with Crippen LogP contribution in [0.3, 0.4) is 0 Å². The number of unbranched alkanes of at least 4 members (excludes halogenated alkanes) is 1. The van der Waals surface area contributed by atoms with Gasteiger partial charge in [0.2, 0.25) is 0 Å². The summed E-state index contributed by atoms with van der Waals surface area (Å²) in [5.41, 5.74) is 4.45. The van der Waals surface area contributed by atoms with Crippen LogP contribution in [0.4, 0.5) is 5.69 Å². The minimum atomic E-state index is 0.694. The van der Waals surface area contributed by atoms with E-state index in [0.29, 0.717) is 5.92 Å². The molecule has 0 saturated heterocycles. The average molecular weight is 325 g/mol. The van der Waals surface area contributed by atoms with Crippen molar-refractivity contribution in [2.45, 2.75) is 58.4 Å². The molecule has 1 nitrogen and oxygen atoms in total. The van der Waals surface area contributed by atoms with Crippen LogP contribution < -0.4 is 4.48 Å².